The van der Waals surface area contributed by atoms with Crippen molar-refractivity contribution in [2.45, 2.75) is 12.0 Å². The fraction of sp³-hybridized carbons (Fsp3) is 0.667. The molecule has 0 radical (unpaired) electrons. The van der Waals surface area contributed by atoms with Gasteiger partial charge in [-0.15, -0.1) is 0 Å². The lowest BCUT2D eigenvalue weighted by molar-refractivity contribution is 0.276. The highest BCUT2D eigenvalue weighted by Gasteiger charge is 2.33. The molecule has 1 aromatic carbocycles. The van der Waals surface area contributed by atoms with Gasteiger partial charge in [-0.05, 0) is 38.8 Å². The Morgan fingerprint density at radius 3 is 2.12 bits per heavy atom. The number of piperazine rings is 1. The average molecular weight is 367 g/mol. The number of hydrogen-bond donors (Lipinski definition) is 0. The predicted octanol–water partition coefficient (Wildman–Crippen LogP) is 0.727. The number of sulfonamides is 1. The zero-order chi connectivity index (χ0) is 18.2. The summed E-state index contributed by atoms with van der Waals surface area (Å²) in [4.78, 5) is 7.00. The average Bonchev–Trinajstić information content (AvgIpc) is 2.97. The molecule has 6 nitrogen and oxygen atoms in total. The van der Waals surface area contributed by atoms with Crippen LogP contribution >= 0.6 is 0 Å². The van der Waals surface area contributed by atoms with Crippen molar-refractivity contribution in [3.8, 4) is 0 Å². The highest BCUT2D eigenvalue weighted by molar-refractivity contribution is 7.88. The van der Waals surface area contributed by atoms with Crippen LogP contribution in [0.5, 0.6) is 0 Å². The molecule has 0 saturated carbocycles. The monoisotopic (exact) mass is 366 g/mol. The van der Waals surface area contributed by atoms with Crippen LogP contribution in [-0.2, 0) is 10.0 Å². The van der Waals surface area contributed by atoms with Gasteiger partial charge in [0.25, 0.3) is 0 Å². The molecule has 0 bridgehead atoms. The summed E-state index contributed by atoms with van der Waals surface area (Å²) in [7, 11) is 3.43. The fourth-order valence-corrected chi connectivity index (χ4v) is 4.87. The SMILES string of the molecule is CN1C[C@H](c2ccc(N3CCN(S(C)(=O)=O)CC3)cc2)[C@@H](N(C)C)C1. The van der Waals surface area contributed by atoms with Crippen LogP contribution in [0.2, 0.25) is 0 Å². The van der Waals surface area contributed by atoms with E-state index in [0.717, 1.165) is 26.2 Å². The largest absolute Gasteiger partial charge is 0.369 e. The van der Waals surface area contributed by atoms with E-state index in [2.05, 4.69) is 60.1 Å². The molecule has 2 atom stereocenters. The van der Waals surface area contributed by atoms with Gasteiger partial charge in [0.2, 0.25) is 10.0 Å². The highest BCUT2D eigenvalue weighted by Crippen LogP contribution is 2.30. The van der Waals surface area contributed by atoms with Gasteiger partial charge in [-0.3, -0.25) is 0 Å². The van der Waals surface area contributed by atoms with Crippen molar-refractivity contribution in [3.63, 3.8) is 0 Å². The lowest BCUT2D eigenvalue weighted by atomic mass is 9.93. The summed E-state index contributed by atoms with van der Waals surface area (Å²) in [6.07, 6.45) is 1.29. The van der Waals surface area contributed by atoms with Crippen LogP contribution in [-0.4, -0.2) is 95.2 Å². The topological polar surface area (TPSA) is 47.1 Å². The Bertz CT molecular complexity index is 682. The van der Waals surface area contributed by atoms with Crippen LogP contribution < -0.4 is 4.90 Å². The Balaban J connectivity index is 1.67. The molecule has 3 rings (SSSR count). The predicted molar refractivity (Wildman–Crippen MR) is 103 cm³/mol. The molecule has 0 spiro atoms. The molecule has 140 valence electrons. The van der Waals surface area contributed by atoms with Gasteiger partial charge in [-0.25, -0.2) is 8.42 Å². The van der Waals surface area contributed by atoms with Crippen molar-refractivity contribution in [3.05, 3.63) is 29.8 Å². The zero-order valence-electron chi connectivity index (χ0n) is 15.7. The third kappa shape index (κ3) is 4.16. The zero-order valence-corrected chi connectivity index (χ0v) is 16.5. The fourth-order valence-electron chi connectivity index (χ4n) is 4.04. The molecular formula is C18H30N4O2S. The van der Waals surface area contributed by atoms with Crippen LogP contribution in [0.15, 0.2) is 24.3 Å². The quantitative estimate of drug-likeness (QED) is 0.786. The van der Waals surface area contributed by atoms with Gasteiger partial charge >= 0.3 is 0 Å². The molecule has 0 aromatic heterocycles. The Morgan fingerprint density at radius 2 is 1.60 bits per heavy atom. The van der Waals surface area contributed by atoms with E-state index in [4.69, 9.17) is 0 Å². The van der Waals surface area contributed by atoms with Crippen LogP contribution in [0.1, 0.15) is 11.5 Å². The summed E-state index contributed by atoms with van der Waals surface area (Å²) < 4.78 is 24.8. The lowest BCUT2D eigenvalue weighted by Crippen LogP contribution is -2.48. The Kier molecular flexibility index (Phi) is 5.39. The Hall–Kier alpha value is -1.15. The van der Waals surface area contributed by atoms with E-state index in [1.54, 1.807) is 4.31 Å². The summed E-state index contributed by atoms with van der Waals surface area (Å²) in [5.41, 5.74) is 2.58. The van der Waals surface area contributed by atoms with Gasteiger partial charge in [0.15, 0.2) is 0 Å². The minimum atomic E-state index is -3.07. The molecule has 1 aromatic rings. The molecule has 0 unspecified atom stereocenters. The first-order chi connectivity index (χ1) is 11.8. The number of nitrogens with zero attached hydrogens (tertiary/aromatic N) is 4. The van der Waals surface area contributed by atoms with E-state index >= 15 is 0 Å². The van der Waals surface area contributed by atoms with Crippen molar-refractivity contribution >= 4 is 15.7 Å². The normalized spacial score (nSPS) is 26.5. The molecule has 0 N–H and O–H groups in total. The number of rotatable bonds is 4. The second-order valence-corrected chi connectivity index (χ2v) is 9.58. The highest BCUT2D eigenvalue weighted by atomic mass is 32.2. The maximum atomic E-state index is 11.6. The van der Waals surface area contributed by atoms with Crippen LogP contribution in [0.3, 0.4) is 0 Å². The number of hydrogen-bond acceptors (Lipinski definition) is 5. The van der Waals surface area contributed by atoms with Crippen molar-refractivity contribution < 1.29 is 8.42 Å². The van der Waals surface area contributed by atoms with Gasteiger partial charge in [0.05, 0.1) is 6.26 Å². The molecular weight excluding hydrogens is 336 g/mol. The summed E-state index contributed by atoms with van der Waals surface area (Å²) in [5, 5.41) is 0. The van der Waals surface area contributed by atoms with Crippen molar-refractivity contribution in [2.24, 2.45) is 0 Å². The van der Waals surface area contributed by atoms with E-state index in [-0.39, 0.29) is 0 Å². The molecule has 2 aliphatic heterocycles. The second kappa shape index (κ2) is 7.23. The van der Waals surface area contributed by atoms with Gasteiger partial charge in [-0.1, -0.05) is 12.1 Å². The third-order valence-electron chi connectivity index (χ3n) is 5.53. The molecule has 2 heterocycles. The molecule has 7 heteroatoms. The molecule has 0 amide bonds. The first-order valence-corrected chi connectivity index (χ1v) is 10.8. The second-order valence-electron chi connectivity index (χ2n) is 7.60. The lowest BCUT2D eigenvalue weighted by Gasteiger charge is -2.35. The van der Waals surface area contributed by atoms with Crippen molar-refractivity contribution in [1.29, 1.82) is 0 Å². The van der Waals surface area contributed by atoms with E-state index in [9.17, 15) is 8.42 Å². The minimum Gasteiger partial charge on any atom is -0.369 e. The molecule has 2 aliphatic rings. The van der Waals surface area contributed by atoms with Gasteiger partial charge in [0, 0.05) is 56.9 Å². The van der Waals surface area contributed by atoms with Crippen LogP contribution in [0, 0.1) is 0 Å². The van der Waals surface area contributed by atoms with E-state index in [1.165, 1.54) is 17.5 Å². The van der Waals surface area contributed by atoms with Gasteiger partial charge in [-0.2, -0.15) is 4.31 Å². The minimum absolute atomic E-state index is 0.538. The Morgan fingerprint density at radius 1 is 1.00 bits per heavy atom. The summed E-state index contributed by atoms with van der Waals surface area (Å²) in [6.45, 7) is 4.83. The number of benzene rings is 1. The number of anilines is 1. The van der Waals surface area contributed by atoms with E-state index < -0.39 is 10.0 Å². The van der Waals surface area contributed by atoms with Crippen molar-refractivity contribution in [1.82, 2.24) is 14.1 Å². The maximum absolute atomic E-state index is 11.6. The van der Waals surface area contributed by atoms with Gasteiger partial charge < -0.3 is 14.7 Å². The number of likely N-dealkylation sites (tertiary alicyclic amines) is 1. The van der Waals surface area contributed by atoms with E-state index in [0.29, 0.717) is 25.0 Å². The van der Waals surface area contributed by atoms with Gasteiger partial charge in [0.1, 0.15) is 0 Å². The first kappa shape index (κ1) is 18.6. The molecule has 25 heavy (non-hydrogen) atoms. The number of likely N-dealkylation sites (N-methyl/N-ethyl adjacent to an activating group) is 2. The maximum Gasteiger partial charge on any atom is 0.211 e. The van der Waals surface area contributed by atoms with Crippen LogP contribution in [0.25, 0.3) is 0 Å². The van der Waals surface area contributed by atoms with E-state index in [1.807, 2.05) is 0 Å². The summed E-state index contributed by atoms with van der Waals surface area (Å²) in [6, 6.07) is 9.43. The smallest absolute Gasteiger partial charge is 0.211 e. The first-order valence-electron chi connectivity index (χ1n) is 8.90. The van der Waals surface area contributed by atoms with Crippen molar-refractivity contribution in [2.75, 3.05) is 71.6 Å². The molecule has 0 aliphatic carbocycles. The summed E-state index contributed by atoms with van der Waals surface area (Å²) >= 11 is 0. The van der Waals surface area contributed by atoms with Crippen LogP contribution in [0.4, 0.5) is 5.69 Å². The standard InChI is InChI=1S/C18H30N4O2S/c1-19(2)18-14-20(3)13-17(18)15-5-7-16(8-6-15)21-9-11-22(12-10-21)25(4,23)24/h5-8,17-18H,9-14H2,1-4H3/t17-,18+/m1/s1. The summed E-state index contributed by atoms with van der Waals surface area (Å²) in [5.74, 6) is 0.538. The molecule has 2 saturated heterocycles. The Labute approximate surface area is 152 Å². The molecule has 2 fully saturated rings. The third-order valence-corrected chi connectivity index (χ3v) is 6.83.